The third kappa shape index (κ3) is 2.57. The van der Waals surface area contributed by atoms with Crippen LogP contribution in [-0.4, -0.2) is 9.97 Å². The summed E-state index contributed by atoms with van der Waals surface area (Å²) in [5.74, 6) is 0.610. The van der Waals surface area contributed by atoms with E-state index < -0.39 is 0 Å². The number of hydrogen-bond acceptors (Lipinski definition) is 4. The lowest BCUT2D eigenvalue weighted by atomic mass is 10.4. The highest BCUT2D eigenvalue weighted by Gasteiger charge is 1.91. The fourth-order valence-electron chi connectivity index (χ4n) is 1.10. The fraction of sp³-hybridized carbons (Fsp3) is 0. The highest BCUT2D eigenvalue weighted by molar-refractivity contribution is 5.47. The molecule has 0 aliphatic rings. The highest BCUT2D eigenvalue weighted by atomic mass is 16.1. The first kappa shape index (κ1) is 9.26. The van der Waals surface area contributed by atoms with Crippen LogP contribution in [0.2, 0.25) is 0 Å². The van der Waals surface area contributed by atoms with Crippen LogP contribution >= 0.6 is 0 Å². The van der Waals surface area contributed by atoms with Gasteiger partial charge >= 0.3 is 0 Å². The van der Waals surface area contributed by atoms with Gasteiger partial charge in [-0.3, -0.25) is 20.6 Å². The molecule has 5 nitrogen and oxygen atoms in total. The maximum atomic E-state index is 11.0. The fourth-order valence-corrected chi connectivity index (χ4v) is 1.10. The van der Waals surface area contributed by atoms with Gasteiger partial charge in [0.15, 0.2) is 0 Å². The molecular formula is C10H10N4O. The van der Waals surface area contributed by atoms with E-state index in [0.717, 1.165) is 5.69 Å². The summed E-state index contributed by atoms with van der Waals surface area (Å²) < 4.78 is 0. The number of nitrogens with zero attached hydrogens (tertiary/aromatic N) is 1. The third-order valence-electron chi connectivity index (χ3n) is 1.79. The van der Waals surface area contributed by atoms with Crippen molar-refractivity contribution < 1.29 is 0 Å². The predicted octanol–water partition coefficient (Wildman–Crippen LogP) is 1.21. The number of aromatic amines is 1. The van der Waals surface area contributed by atoms with Crippen molar-refractivity contribution >= 4 is 11.5 Å². The van der Waals surface area contributed by atoms with Crippen molar-refractivity contribution in [1.82, 2.24) is 9.97 Å². The zero-order valence-corrected chi connectivity index (χ0v) is 7.90. The Bertz CT molecular complexity index is 480. The van der Waals surface area contributed by atoms with Gasteiger partial charge in [-0.25, -0.2) is 0 Å². The minimum Gasteiger partial charge on any atom is -0.308 e. The Balaban J connectivity index is 2.02. The van der Waals surface area contributed by atoms with Gasteiger partial charge in [-0.15, -0.1) is 0 Å². The van der Waals surface area contributed by atoms with Crippen molar-refractivity contribution in [1.29, 1.82) is 0 Å². The van der Waals surface area contributed by atoms with Crippen LogP contribution in [0.4, 0.5) is 11.5 Å². The molecule has 15 heavy (non-hydrogen) atoms. The van der Waals surface area contributed by atoms with Gasteiger partial charge in [0, 0.05) is 18.5 Å². The molecule has 2 aromatic rings. The van der Waals surface area contributed by atoms with Gasteiger partial charge in [-0.05, 0) is 18.2 Å². The van der Waals surface area contributed by atoms with E-state index in [1.807, 2.05) is 12.1 Å². The maximum Gasteiger partial charge on any atom is 0.249 e. The smallest absolute Gasteiger partial charge is 0.249 e. The Morgan fingerprint density at radius 2 is 1.87 bits per heavy atom. The second-order valence-corrected chi connectivity index (χ2v) is 2.91. The average Bonchev–Trinajstić information content (AvgIpc) is 2.28. The third-order valence-corrected chi connectivity index (χ3v) is 1.79. The van der Waals surface area contributed by atoms with Gasteiger partial charge in [0.1, 0.15) is 5.82 Å². The highest BCUT2D eigenvalue weighted by Crippen LogP contribution is 2.04. The summed E-state index contributed by atoms with van der Waals surface area (Å²) in [7, 11) is 0. The minimum atomic E-state index is -0.142. The minimum absolute atomic E-state index is 0.142. The molecule has 76 valence electrons. The van der Waals surface area contributed by atoms with Crippen LogP contribution in [0.3, 0.4) is 0 Å². The van der Waals surface area contributed by atoms with Gasteiger partial charge in [-0.2, -0.15) is 0 Å². The van der Waals surface area contributed by atoms with Gasteiger partial charge in [0.25, 0.3) is 0 Å². The summed E-state index contributed by atoms with van der Waals surface area (Å²) in [4.78, 5) is 17.5. The van der Waals surface area contributed by atoms with Crippen molar-refractivity contribution in [2.24, 2.45) is 0 Å². The number of H-pyrrole nitrogens is 1. The molecule has 0 amide bonds. The summed E-state index contributed by atoms with van der Waals surface area (Å²) in [6.07, 6.45) is 3.36. The summed E-state index contributed by atoms with van der Waals surface area (Å²) in [5.41, 5.74) is 6.52. The van der Waals surface area contributed by atoms with Crippen LogP contribution in [0.5, 0.6) is 0 Å². The molecule has 0 aromatic carbocycles. The zero-order valence-electron chi connectivity index (χ0n) is 7.90. The van der Waals surface area contributed by atoms with E-state index in [1.54, 1.807) is 24.5 Å². The molecule has 0 fully saturated rings. The molecule has 2 aromatic heterocycles. The molecule has 0 atom stereocenters. The molecule has 0 saturated carbocycles. The molecule has 3 N–H and O–H groups in total. The standard InChI is InChI=1S/C10H10N4O/c15-10-3-1-2-9(12-10)14-13-8-4-6-11-7-5-8/h1-7H,(H,11,13)(H2,12,14,15). The Hall–Kier alpha value is -2.30. The molecule has 0 saturated heterocycles. The Morgan fingerprint density at radius 1 is 1.07 bits per heavy atom. The van der Waals surface area contributed by atoms with Crippen LogP contribution in [0.15, 0.2) is 47.5 Å². The Labute approximate surface area is 86.2 Å². The van der Waals surface area contributed by atoms with Crippen molar-refractivity contribution in [3.8, 4) is 0 Å². The second kappa shape index (κ2) is 4.28. The van der Waals surface area contributed by atoms with E-state index in [4.69, 9.17) is 0 Å². The summed E-state index contributed by atoms with van der Waals surface area (Å²) >= 11 is 0. The van der Waals surface area contributed by atoms with E-state index in [2.05, 4.69) is 20.8 Å². The van der Waals surface area contributed by atoms with E-state index in [-0.39, 0.29) is 5.56 Å². The average molecular weight is 202 g/mol. The van der Waals surface area contributed by atoms with Crippen molar-refractivity contribution in [2.75, 3.05) is 10.9 Å². The lowest BCUT2D eigenvalue weighted by molar-refractivity contribution is 1.20. The van der Waals surface area contributed by atoms with Crippen LogP contribution in [0, 0.1) is 0 Å². The number of anilines is 2. The van der Waals surface area contributed by atoms with Crippen LogP contribution in [-0.2, 0) is 0 Å². The lowest BCUT2D eigenvalue weighted by Gasteiger charge is -2.08. The van der Waals surface area contributed by atoms with Crippen molar-refractivity contribution in [3.63, 3.8) is 0 Å². The van der Waals surface area contributed by atoms with E-state index >= 15 is 0 Å². The Morgan fingerprint density at radius 3 is 2.60 bits per heavy atom. The van der Waals surface area contributed by atoms with Gasteiger partial charge in [0.05, 0.1) is 5.69 Å². The SMILES string of the molecule is O=c1cccc(NNc2ccncc2)[nH]1. The number of hydrazine groups is 1. The molecule has 2 rings (SSSR count). The number of pyridine rings is 2. The summed E-state index contributed by atoms with van der Waals surface area (Å²) in [5, 5.41) is 0. The molecule has 2 heterocycles. The van der Waals surface area contributed by atoms with Crippen LogP contribution in [0.25, 0.3) is 0 Å². The van der Waals surface area contributed by atoms with E-state index in [1.165, 1.54) is 6.07 Å². The van der Waals surface area contributed by atoms with Crippen LogP contribution in [0.1, 0.15) is 0 Å². The second-order valence-electron chi connectivity index (χ2n) is 2.91. The largest absolute Gasteiger partial charge is 0.308 e. The first-order chi connectivity index (χ1) is 7.34. The monoisotopic (exact) mass is 202 g/mol. The lowest BCUT2D eigenvalue weighted by Crippen LogP contribution is -2.13. The molecule has 0 radical (unpaired) electrons. The quantitative estimate of drug-likeness (QED) is 0.654. The first-order valence-electron chi connectivity index (χ1n) is 4.46. The molecule has 0 bridgehead atoms. The Kier molecular flexibility index (Phi) is 2.64. The normalized spacial score (nSPS) is 9.60. The van der Waals surface area contributed by atoms with Gasteiger partial charge in [-0.1, -0.05) is 6.07 Å². The predicted molar refractivity (Wildman–Crippen MR) is 58.5 cm³/mol. The van der Waals surface area contributed by atoms with Crippen LogP contribution < -0.4 is 16.4 Å². The van der Waals surface area contributed by atoms with Gasteiger partial charge in [0.2, 0.25) is 5.56 Å². The summed E-state index contributed by atoms with van der Waals surface area (Å²) in [6, 6.07) is 8.52. The maximum absolute atomic E-state index is 11.0. The van der Waals surface area contributed by atoms with E-state index in [0.29, 0.717) is 5.82 Å². The molecule has 0 unspecified atom stereocenters. The number of nitrogens with one attached hydrogen (secondary N) is 3. The number of hydrogen-bond donors (Lipinski definition) is 3. The molecular weight excluding hydrogens is 192 g/mol. The topological polar surface area (TPSA) is 69.8 Å². The molecule has 0 spiro atoms. The first-order valence-corrected chi connectivity index (χ1v) is 4.46. The van der Waals surface area contributed by atoms with Crippen molar-refractivity contribution in [3.05, 3.63) is 53.1 Å². The van der Waals surface area contributed by atoms with Gasteiger partial charge < -0.3 is 4.98 Å². The number of rotatable bonds is 3. The molecule has 0 aliphatic heterocycles. The van der Waals surface area contributed by atoms with E-state index in [9.17, 15) is 4.79 Å². The molecule has 5 heteroatoms. The van der Waals surface area contributed by atoms with Crippen molar-refractivity contribution in [2.45, 2.75) is 0 Å². The number of aromatic nitrogens is 2. The molecule has 0 aliphatic carbocycles. The summed E-state index contributed by atoms with van der Waals surface area (Å²) in [6.45, 7) is 0. The zero-order chi connectivity index (χ0) is 10.5.